The topological polar surface area (TPSA) is 89.6 Å². The van der Waals surface area contributed by atoms with Gasteiger partial charge < -0.3 is 15.2 Å². The molecule has 11 heteroatoms. The van der Waals surface area contributed by atoms with Gasteiger partial charge in [0.2, 0.25) is 0 Å². The second-order valence-corrected chi connectivity index (χ2v) is 9.80. The van der Waals surface area contributed by atoms with Gasteiger partial charge in [0.1, 0.15) is 34.3 Å². The van der Waals surface area contributed by atoms with Crippen molar-refractivity contribution in [1.29, 1.82) is 0 Å². The van der Waals surface area contributed by atoms with E-state index in [0.717, 1.165) is 37.9 Å². The summed E-state index contributed by atoms with van der Waals surface area (Å²) in [5.41, 5.74) is 1.15. The summed E-state index contributed by atoms with van der Waals surface area (Å²) in [6, 6.07) is -0.888. The predicted octanol–water partition coefficient (Wildman–Crippen LogP) is -0.881. The molecule has 3 heterocycles. The number of hydrogen-bond acceptors (Lipinski definition) is 7. The third-order valence-electron chi connectivity index (χ3n) is 7.22. The van der Waals surface area contributed by atoms with E-state index in [1.807, 2.05) is 0 Å². The molecule has 0 aromatic rings. The van der Waals surface area contributed by atoms with Crippen LogP contribution in [0.4, 0.5) is 8.78 Å². The summed E-state index contributed by atoms with van der Waals surface area (Å²) in [5.74, 6) is 0.0388. The normalized spacial score (nSPS) is 43.4. The second kappa shape index (κ2) is 10.4. The Labute approximate surface area is 192 Å². The number of nitrogens with one attached hydrogen (secondary N) is 5. The molecule has 2 saturated heterocycles. The van der Waals surface area contributed by atoms with Crippen LogP contribution in [0.2, 0.25) is 0 Å². The van der Waals surface area contributed by atoms with Crippen molar-refractivity contribution in [2.24, 2.45) is 11.8 Å². The number of alkyl halides is 2. The second-order valence-electron chi connectivity index (χ2n) is 9.80. The minimum absolute atomic E-state index is 0.0741. The van der Waals surface area contributed by atoms with Gasteiger partial charge in [0.05, 0.1) is 12.3 Å². The molecule has 9 unspecified atom stereocenters. The first-order valence-electron chi connectivity index (χ1n) is 11.8. The van der Waals surface area contributed by atoms with Crippen molar-refractivity contribution in [1.82, 2.24) is 26.6 Å². The lowest BCUT2D eigenvalue weighted by atomic mass is 9.65. The van der Waals surface area contributed by atoms with Crippen LogP contribution in [0.25, 0.3) is 0 Å². The maximum atomic E-state index is 16.0. The lowest BCUT2D eigenvalue weighted by Crippen LogP contribution is -2.74. The van der Waals surface area contributed by atoms with Crippen molar-refractivity contribution in [2.75, 3.05) is 26.2 Å². The molecule has 0 spiro atoms. The van der Waals surface area contributed by atoms with Crippen LogP contribution in [0.15, 0.2) is 11.6 Å². The molecule has 0 bridgehead atoms. The fourth-order valence-electron chi connectivity index (χ4n) is 5.61. The molecule has 1 saturated carbocycles. The Morgan fingerprint density at radius 3 is 2.88 bits per heavy atom. The van der Waals surface area contributed by atoms with Gasteiger partial charge in [-0.3, -0.25) is 21.3 Å². The summed E-state index contributed by atoms with van der Waals surface area (Å²) < 4.78 is 36.7. The van der Waals surface area contributed by atoms with E-state index in [4.69, 9.17) is 20.4 Å². The number of rotatable bonds is 6. The molecular weight excluding hydrogens is 414 g/mol. The number of ether oxygens (including phenoxy) is 1. The number of halogens is 2. The predicted molar refractivity (Wildman–Crippen MR) is 121 cm³/mol. The van der Waals surface area contributed by atoms with Gasteiger partial charge in [0.15, 0.2) is 0 Å². The van der Waals surface area contributed by atoms with E-state index in [0.29, 0.717) is 18.9 Å². The molecule has 9 atom stereocenters. The van der Waals surface area contributed by atoms with Gasteiger partial charge in [0.25, 0.3) is 0 Å². The SMILES string of the molecule is [B]C([B])(O)CNC1NC(NC2CC3CCOC3C(C3=CCNCCC3)C2F)NC(C)C1F. The van der Waals surface area contributed by atoms with E-state index in [1.165, 1.54) is 0 Å². The molecule has 0 aromatic heterocycles. The highest BCUT2D eigenvalue weighted by Gasteiger charge is 2.50. The third-order valence-corrected chi connectivity index (χ3v) is 7.22. The van der Waals surface area contributed by atoms with Crippen molar-refractivity contribution in [3.63, 3.8) is 0 Å². The molecule has 3 aliphatic heterocycles. The molecule has 4 aliphatic rings. The molecular formula is C21H35B2F2N5O2. The van der Waals surface area contributed by atoms with E-state index in [2.05, 4.69) is 32.7 Å². The van der Waals surface area contributed by atoms with Crippen LogP contribution in [-0.4, -0.2) is 95.4 Å². The molecule has 0 amide bonds. The van der Waals surface area contributed by atoms with Crippen molar-refractivity contribution < 1.29 is 18.6 Å². The quantitative estimate of drug-likeness (QED) is 0.232. The average molecular weight is 449 g/mol. The van der Waals surface area contributed by atoms with Crippen LogP contribution in [0.3, 0.4) is 0 Å². The maximum absolute atomic E-state index is 16.0. The van der Waals surface area contributed by atoms with Crippen molar-refractivity contribution in [3.05, 3.63) is 11.6 Å². The molecule has 1 aliphatic carbocycles. The van der Waals surface area contributed by atoms with Gasteiger partial charge in [-0.2, -0.15) is 0 Å². The molecule has 176 valence electrons. The zero-order valence-corrected chi connectivity index (χ0v) is 18.7. The minimum Gasteiger partial charge on any atom is -0.408 e. The maximum Gasteiger partial charge on any atom is 0.143 e. The Bertz CT molecular complexity index is 671. The first-order valence-corrected chi connectivity index (χ1v) is 11.8. The van der Waals surface area contributed by atoms with Gasteiger partial charge in [-0.05, 0) is 50.5 Å². The van der Waals surface area contributed by atoms with E-state index >= 15 is 4.39 Å². The van der Waals surface area contributed by atoms with E-state index in [1.54, 1.807) is 6.92 Å². The van der Waals surface area contributed by atoms with Crippen molar-refractivity contribution in [2.45, 2.75) is 81.0 Å². The van der Waals surface area contributed by atoms with Crippen LogP contribution >= 0.6 is 0 Å². The smallest absolute Gasteiger partial charge is 0.143 e. The number of aliphatic hydroxyl groups is 1. The Balaban J connectivity index is 1.44. The average Bonchev–Trinajstić information content (AvgIpc) is 3.02. The van der Waals surface area contributed by atoms with Crippen LogP contribution in [0, 0.1) is 11.8 Å². The largest absolute Gasteiger partial charge is 0.408 e. The van der Waals surface area contributed by atoms with Crippen LogP contribution in [0.5, 0.6) is 0 Å². The monoisotopic (exact) mass is 449 g/mol. The lowest BCUT2D eigenvalue weighted by Gasteiger charge is -2.46. The van der Waals surface area contributed by atoms with Crippen LogP contribution in [-0.2, 0) is 4.74 Å². The molecule has 4 rings (SSSR count). The summed E-state index contributed by atoms with van der Waals surface area (Å²) in [4.78, 5) is 0. The zero-order chi connectivity index (χ0) is 22.9. The van der Waals surface area contributed by atoms with Crippen LogP contribution < -0.4 is 26.6 Å². The molecule has 4 radical (unpaired) electrons. The van der Waals surface area contributed by atoms with E-state index in [-0.39, 0.29) is 18.6 Å². The highest BCUT2D eigenvalue weighted by atomic mass is 19.1. The molecule has 6 N–H and O–H groups in total. The fraction of sp³-hybridized carbons (Fsp3) is 0.905. The van der Waals surface area contributed by atoms with Gasteiger partial charge in [-0.15, -0.1) is 0 Å². The molecule has 7 nitrogen and oxygen atoms in total. The van der Waals surface area contributed by atoms with Crippen molar-refractivity contribution in [3.8, 4) is 0 Å². The molecule has 3 fully saturated rings. The van der Waals surface area contributed by atoms with E-state index < -0.39 is 42.3 Å². The first-order chi connectivity index (χ1) is 15.2. The van der Waals surface area contributed by atoms with Crippen molar-refractivity contribution >= 4 is 15.7 Å². The summed E-state index contributed by atoms with van der Waals surface area (Å²) in [7, 11) is 10.8. The highest BCUT2D eigenvalue weighted by Crippen LogP contribution is 2.44. The highest BCUT2D eigenvalue weighted by molar-refractivity contribution is 6.39. The Morgan fingerprint density at radius 2 is 2.09 bits per heavy atom. The Hall–Kier alpha value is -0.550. The standard InChI is InChI=1S/C21H35B2F2N5O2/c1-11-16(24)19(27-10-21(22,23)31)30-20(28-11)29-14-9-13-5-8-32-18(13)15(17(14)25)12-3-2-6-26-7-4-12/h4,11,13-20,26-31H,2-3,5-10H2,1H3. The Kier molecular flexibility index (Phi) is 7.97. The first kappa shape index (κ1) is 24.6. The summed E-state index contributed by atoms with van der Waals surface area (Å²) in [5, 5.41) is 23.4. The summed E-state index contributed by atoms with van der Waals surface area (Å²) in [6.07, 6.45) is 1.85. The molecule has 0 aromatic carbocycles. The van der Waals surface area contributed by atoms with Gasteiger partial charge in [-0.1, -0.05) is 11.6 Å². The molecule has 32 heavy (non-hydrogen) atoms. The Morgan fingerprint density at radius 1 is 1.28 bits per heavy atom. The van der Waals surface area contributed by atoms with Gasteiger partial charge in [-0.25, -0.2) is 8.78 Å². The van der Waals surface area contributed by atoms with Crippen LogP contribution in [0.1, 0.15) is 32.6 Å². The third kappa shape index (κ3) is 5.74. The fourth-order valence-corrected chi connectivity index (χ4v) is 5.61. The summed E-state index contributed by atoms with van der Waals surface area (Å²) in [6.45, 7) is 3.91. The number of hydrogen-bond donors (Lipinski definition) is 6. The number of fused-ring (bicyclic) bond motifs is 1. The van der Waals surface area contributed by atoms with Gasteiger partial charge >= 0.3 is 0 Å². The lowest BCUT2D eigenvalue weighted by molar-refractivity contribution is -0.0285. The zero-order valence-electron chi connectivity index (χ0n) is 18.7. The summed E-state index contributed by atoms with van der Waals surface area (Å²) >= 11 is 0. The van der Waals surface area contributed by atoms with E-state index in [9.17, 15) is 9.50 Å². The minimum atomic E-state index is -1.95. The van der Waals surface area contributed by atoms with Gasteiger partial charge in [0, 0.05) is 37.7 Å².